The highest BCUT2D eigenvalue weighted by Crippen LogP contribution is 2.29. The third-order valence-electron chi connectivity index (χ3n) is 7.96. The summed E-state index contributed by atoms with van der Waals surface area (Å²) in [4.78, 5) is 30.3. The van der Waals surface area contributed by atoms with E-state index in [0.717, 1.165) is 45.2 Å². The summed E-state index contributed by atoms with van der Waals surface area (Å²) < 4.78 is 2.09. The van der Waals surface area contributed by atoms with Crippen LogP contribution in [0.15, 0.2) is 102 Å². The van der Waals surface area contributed by atoms with E-state index in [4.69, 9.17) is 0 Å². The van der Waals surface area contributed by atoms with Crippen LogP contribution in [0.5, 0.6) is 0 Å². The molecule has 0 spiro atoms. The summed E-state index contributed by atoms with van der Waals surface area (Å²) in [5.41, 5.74) is 3.90. The summed E-state index contributed by atoms with van der Waals surface area (Å²) >= 11 is 1.62. The SMILES string of the molecule is Cc1ccc(-n2c(SCCCC(=O)N3CCN(C(=O)c4ccc5ccccc5c4)C(C)C3)nnc2-c2ccccc2)cc1. The van der Waals surface area contributed by atoms with Crippen LogP contribution >= 0.6 is 11.8 Å². The fourth-order valence-corrected chi connectivity index (χ4v) is 6.47. The number of fused-ring (bicyclic) bond motifs is 1. The molecule has 0 aliphatic carbocycles. The Kier molecular flexibility index (Phi) is 8.56. The van der Waals surface area contributed by atoms with Gasteiger partial charge in [0.15, 0.2) is 11.0 Å². The zero-order valence-electron chi connectivity index (χ0n) is 24.5. The highest BCUT2D eigenvalue weighted by atomic mass is 32.2. The predicted molar refractivity (Wildman–Crippen MR) is 173 cm³/mol. The fourth-order valence-electron chi connectivity index (χ4n) is 5.58. The van der Waals surface area contributed by atoms with Gasteiger partial charge in [0.25, 0.3) is 5.91 Å². The van der Waals surface area contributed by atoms with Crippen LogP contribution in [-0.2, 0) is 4.79 Å². The van der Waals surface area contributed by atoms with Crippen LogP contribution in [0.2, 0.25) is 0 Å². The first kappa shape index (κ1) is 28.7. The van der Waals surface area contributed by atoms with E-state index in [1.165, 1.54) is 5.56 Å². The Hall–Kier alpha value is -4.43. The minimum atomic E-state index is -0.0458. The number of rotatable bonds is 8. The molecule has 1 atom stereocenters. The van der Waals surface area contributed by atoms with Crippen LogP contribution in [0.1, 0.15) is 35.7 Å². The number of hydrogen-bond acceptors (Lipinski definition) is 5. The first-order valence-corrected chi connectivity index (χ1v) is 15.7. The molecule has 2 heterocycles. The summed E-state index contributed by atoms with van der Waals surface area (Å²) in [6.07, 6.45) is 1.19. The average Bonchev–Trinajstić information content (AvgIpc) is 3.47. The van der Waals surface area contributed by atoms with Crippen molar-refractivity contribution in [2.75, 3.05) is 25.4 Å². The number of aromatic nitrogens is 3. The molecule has 1 aliphatic heterocycles. The maximum absolute atomic E-state index is 13.3. The Morgan fingerprint density at radius 3 is 2.37 bits per heavy atom. The lowest BCUT2D eigenvalue weighted by Gasteiger charge is -2.40. The molecule has 4 aromatic carbocycles. The molecule has 0 N–H and O–H groups in total. The molecule has 1 aromatic heterocycles. The van der Waals surface area contributed by atoms with Crippen LogP contribution in [0.4, 0.5) is 0 Å². The number of benzene rings is 4. The van der Waals surface area contributed by atoms with Gasteiger partial charge < -0.3 is 9.80 Å². The fraction of sp³-hybridized carbons (Fsp3) is 0.257. The maximum atomic E-state index is 13.3. The lowest BCUT2D eigenvalue weighted by atomic mass is 10.0. The Bertz CT molecular complexity index is 1730. The predicted octanol–water partition coefficient (Wildman–Crippen LogP) is 6.64. The summed E-state index contributed by atoms with van der Waals surface area (Å²) in [6.45, 7) is 5.74. The van der Waals surface area contributed by atoms with E-state index in [0.29, 0.717) is 31.6 Å². The van der Waals surface area contributed by atoms with Crippen molar-refractivity contribution in [1.29, 1.82) is 0 Å². The van der Waals surface area contributed by atoms with Gasteiger partial charge in [-0.15, -0.1) is 10.2 Å². The summed E-state index contributed by atoms with van der Waals surface area (Å²) in [7, 11) is 0. The molecule has 0 radical (unpaired) electrons. The third-order valence-corrected chi connectivity index (χ3v) is 8.98. The van der Waals surface area contributed by atoms with E-state index in [1.807, 2.05) is 89.5 Å². The second kappa shape index (κ2) is 12.8. The molecule has 0 saturated carbocycles. The number of carbonyl (C=O) groups excluding carboxylic acids is 2. The Morgan fingerprint density at radius 2 is 1.60 bits per heavy atom. The van der Waals surface area contributed by atoms with Gasteiger partial charge in [-0.05, 0) is 55.3 Å². The molecule has 1 saturated heterocycles. The number of aryl methyl sites for hydroxylation is 1. The largest absolute Gasteiger partial charge is 0.339 e. The minimum absolute atomic E-state index is 0.0225. The van der Waals surface area contributed by atoms with Gasteiger partial charge in [0, 0.05) is 54.7 Å². The number of piperazine rings is 1. The number of amides is 2. The lowest BCUT2D eigenvalue weighted by molar-refractivity contribution is -0.133. The first-order chi connectivity index (χ1) is 21.0. The molecule has 0 bridgehead atoms. The number of hydrogen-bond donors (Lipinski definition) is 0. The van der Waals surface area contributed by atoms with E-state index < -0.39 is 0 Å². The van der Waals surface area contributed by atoms with Gasteiger partial charge >= 0.3 is 0 Å². The normalized spacial score (nSPS) is 15.2. The molecule has 2 amide bonds. The van der Waals surface area contributed by atoms with Gasteiger partial charge in [-0.3, -0.25) is 14.2 Å². The van der Waals surface area contributed by atoms with E-state index in [-0.39, 0.29) is 17.9 Å². The van der Waals surface area contributed by atoms with Crippen molar-refractivity contribution in [2.45, 2.75) is 37.9 Å². The van der Waals surface area contributed by atoms with Gasteiger partial charge in [-0.25, -0.2) is 0 Å². The highest BCUT2D eigenvalue weighted by molar-refractivity contribution is 7.99. The van der Waals surface area contributed by atoms with Crippen molar-refractivity contribution in [2.24, 2.45) is 0 Å². The Balaban J connectivity index is 1.04. The van der Waals surface area contributed by atoms with Crippen LogP contribution in [-0.4, -0.2) is 67.8 Å². The second-order valence-electron chi connectivity index (χ2n) is 11.0. The van der Waals surface area contributed by atoms with Crippen LogP contribution < -0.4 is 0 Å². The monoisotopic (exact) mass is 589 g/mol. The van der Waals surface area contributed by atoms with Gasteiger partial charge in [0.05, 0.1) is 0 Å². The van der Waals surface area contributed by atoms with Crippen LogP contribution in [0.25, 0.3) is 27.8 Å². The number of carbonyl (C=O) groups is 2. The first-order valence-electron chi connectivity index (χ1n) is 14.8. The van der Waals surface area contributed by atoms with Gasteiger partial charge in [-0.2, -0.15) is 0 Å². The van der Waals surface area contributed by atoms with E-state index in [2.05, 4.69) is 46.0 Å². The van der Waals surface area contributed by atoms with E-state index in [9.17, 15) is 9.59 Å². The van der Waals surface area contributed by atoms with Gasteiger partial charge in [0.2, 0.25) is 5.91 Å². The molecule has 7 nitrogen and oxygen atoms in total. The standard InChI is InChI=1S/C35H35N5O2S/c1-25-14-18-31(19-15-25)40-33(28-10-4-3-5-11-28)36-37-35(40)43-22-8-13-32(41)38-20-21-39(26(2)24-38)34(42)30-17-16-27-9-6-7-12-29(27)23-30/h3-7,9-12,14-19,23,26H,8,13,20-22,24H2,1-2H3. The van der Waals surface area contributed by atoms with Crippen molar-refractivity contribution in [1.82, 2.24) is 24.6 Å². The molecule has 218 valence electrons. The number of thioether (sulfide) groups is 1. The lowest BCUT2D eigenvalue weighted by Crippen LogP contribution is -2.55. The smallest absolute Gasteiger partial charge is 0.254 e. The van der Waals surface area contributed by atoms with Crippen molar-refractivity contribution < 1.29 is 9.59 Å². The van der Waals surface area contributed by atoms with E-state index in [1.54, 1.807) is 11.8 Å². The average molecular weight is 590 g/mol. The highest BCUT2D eigenvalue weighted by Gasteiger charge is 2.30. The maximum Gasteiger partial charge on any atom is 0.254 e. The molecule has 43 heavy (non-hydrogen) atoms. The summed E-state index contributed by atoms with van der Waals surface area (Å²) in [5, 5.41) is 12.0. The molecule has 1 aliphatic rings. The van der Waals surface area contributed by atoms with Gasteiger partial charge in [0.1, 0.15) is 0 Å². The van der Waals surface area contributed by atoms with Crippen molar-refractivity contribution in [3.63, 3.8) is 0 Å². The molecular formula is C35H35N5O2S. The van der Waals surface area contributed by atoms with Crippen LogP contribution in [0.3, 0.4) is 0 Å². The molecular weight excluding hydrogens is 554 g/mol. The second-order valence-corrected chi connectivity index (χ2v) is 12.1. The van der Waals surface area contributed by atoms with Crippen molar-refractivity contribution >= 4 is 34.3 Å². The van der Waals surface area contributed by atoms with Crippen molar-refractivity contribution in [3.05, 3.63) is 108 Å². The number of nitrogens with zero attached hydrogens (tertiary/aromatic N) is 5. The molecule has 1 fully saturated rings. The quantitative estimate of drug-likeness (QED) is 0.150. The molecule has 5 aromatic rings. The van der Waals surface area contributed by atoms with Crippen LogP contribution in [0, 0.1) is 6.92 Å². The Labute approximate surface area is 256 Å². The minimum Gasteiger partial charge on any atom is -0.339 e. The summed E-state index contributed by atoms with van der Waals surface area (Å²) in [6, 6.07) is 32.3. The zero-order chi connectivity index (χ0) is 29.8. The third kappa shape index (κ3) is 6.34. The molecule has 6 rings (SSSR count). The molecule has 1 unspecified atom stereocenters. The zero-order valence-corrected chi connectivity index (χ0v) is 25.3. The summed E-state index contributed by atoms with van der Waals surface area (Å²) in [5.74, 6) is 1.71. The molecule has 8 heteroatoms. The Morgan fingerprint density at radius 1 is 0.860 bits per heavy atom. The van der Waals surface area contributed by atoms with E-state index >= 15 is 0 Å². The van der Waals surface area contributed by atoms with Gasteiger partial charge in [-0.1, -0.05) is 90.1 Å². The topological polar surface area (TPSA) is 71.3 Å². The van der Waals surface area contributed by atoms with Crippen molar-refractivity contribution in [3.8, 4) is 17.1 Å².